The lowest BCUT2D eigenvalue weighted by Gasteiger charge is -2.17. The maximum Gasteiger partial charge on any atom is 0.262 e. The molecule has 0 aliphatic carbocycles. The fourth-order valence-electron chi connectivity index (χ4n) is 3.67. The van der Waals surface area contributed by atoms with E-state index in [1.54, 1.807) is 37.3 Å². The van der Waals surface area contributed by atoms with E-state index >= 15 is 0 Å². The smallest absolute Gasteiger partial charge is 0.262 e. The van der Waals surface area contributed by atoms with Gasteiger partial charge in [-0.15, -0.1) is 0 Å². The third-order valence-electron chi connectivity index (χ3n) is 5.21. The molecule has 0 unspecified atom stereocenters. The molecule has 0 atom stereocenters. The van der Waals surface area contributed by atoms with Crippen LogP contribution >= 0.6 is 23.1 Å². The minimum absolute atomic E-state index is 0. The second-order valence-corrected chi connectivity index (χ2v) is 9.07. The number of anilines is 1. The van der Waals surface area contributed by atoms with Crippen molar-refractivity contribution >= 4 is 45.1 Å². The van der Waals surface area contributed by atoms with Gasteiger partial charge in [-0.05, 0) is 44.2 Å². The maximum absolute atomic E-state index is 5.37. The van der Waals surface area contributed by atoms with Gasteiger partial charge in [-0.2, -0.15) is 4.57 Å². The Morgan fingerprint density at radius 3 is 2.44 bits per heavy atom. The van der Waals surface area contributed by atoms with Gasteiger partial charge < -0.3 is 38.4 Å². The van der Waals surface area contributed by atoms with Gasteiger partial charge in [0.1, 0.15) is 22.7 Å². The van der Waals surface area contributed by atoms with Crippen LogP contribution in [0, 0.1) is 0 Å². The van der Waals surface area contributed by atoms with Crippen LogP contribution in [0.5, 0.6) is 11.5 Å². The van der Waals surface area contributed by atoms with Gasteiger partial charge in [0.2, 0.25) is 5.52 Å². The zero-order valence-corrected chi connectivity index (χ0v) is 22.5. The molecular formula is C25H27IN2O2S2. The summed E-state index contributed by atoms with van der Waals surface area (Å²) in [4.78, 5) is 3.57. The summed E-state index contributed by atoms with van der Waals surface area (Å²) in [6.45, 7) is 6.22. The first kappa shape index (κ1) is 24.7. The predicted molar refractivity (Wildman–Crippen MR) is 132 cm³/mol. The lowest BCUT2D eigenvalue weighted by molar-refractivity contribution is -0.665. The first-order valence-electron chi connectivity index (χ1n) is 10.4. The van der Waals surface area contributed by atoms with Crippen LogP contribution in [0.25, 0.3) is 16.3 Å². The molecule has 2 heterocycles. The highest BCUT2D eigenvalue weighted by Gasteiger charge is 2.23. The van der Waals surface area contributed by atoms with E-state index in [2.05, 4.69) is 78.0 Å². The molecule has 0 amide bonds. The molecule has 2 aromatic carbocycles. The topological polar surface area (TPSA) is 25.6 Å². The van der Waals surface area contributed by atoms with Crippen molar-refractivity contribution in [1.82, 2.24) is 0 Å². The minimum atomic E-state index is 0. The zero-order valence-electron chi connectivity index (χ0n) is 18.7. The third kappa shape index (κ3) is 5.00. The van der Waals surface area contributed by atoms with Gasteiger partial charge in [0.15, 0.2) is 0 Å². The molecule has 0 N–H and O–H groups in total. The van der Waals surface area contributed by atoms with E-state index in [1.165, 1.54) is 30.8 Å². The van der Waals surface area contributed by atoms with Crippen molar-refractivity contribution in [1.29, 1.82) is 0 Å². The van der Waals surface area contributed by atoms with Crippen molar-refractivity contribution < 1.29 is 38.0 Å². The van der Waals surface area contributed by atoms with Crippen LogP contribution < -0.4 is 42.9 Å². The number of nitrogens with zero attached hydrogens (tertiary/aromatic N) is 2. The first-order chi connectivity index (χ1) is 15.2. The molecule has 1 aliphatic rings. The number of fused-ring (bicyclic) bond motifs is 2. The third-order valence-corrected chi connectivity index (χ3v) is 7.43. The van der Waals surface area contributed by atoms with Crippen LogP contribution in [0.2, 0.25) is 0 Å². The van der Waals surface area contributed by atoms with E-state index in [0.29, 0.717) is 0 Å². The lowest BCUT2D eigenvalue weighted by Crippen LogP contribution is -3.00. The summed E-state index contributed by atoms with van der Waals surface area (Å²) in [5.74, 6) is 1.79. The number of methoxy groups -OCH3 is 2. The van der Waals surface area contributed by atoms with Crippen molar-refractivity contribution in [2.45, 2.75) is 25.3 Å². The predicted octanol–water partition coefficient (Wildman–Crippen LogP) is 3.27. The fourth-order valence-corrected chi connectivity index (χ4v) is 6.00. The Hall–Kier alpha value is -1.97. The Bertz CT molecular complexity index is 1180. The number of allylic oxidation sites excluding steroid dienone is 4. The maximum atomic E-state index is 5.37. The molecule has 4 nitrogen and oxygen atoms in total. The molecule has 0 radical (unpaired) electrons. The van der Waals surface area contributed by atoms with E-state index in [0.717, 1.165) is 24.6 Å². The van der Waals surface area contributed by atoms with Gasteiger partial charge in [-0.3, -0.25) is 0 Å². The van der Waals surface area contributed by atoms with Crippen LogP contribution in [-0.2, 0) is 6.54 Å². The summed E-state index contributed by atoms with van der Waals surface area (Å²) in [6, 6.07) is 12.5. The molecular weight excluding hydrogens is 551 g/mol. The minimum Gasteiger partial charge on any atom is -1.00 e. The van der Waals surface area contributed by atoms with Crippen molar-refractivity contribution in [2.24, 2.45) is 0 Å². The van der Waals surface area contributed by atoms with E-state index in [4.69, 9.17) is 9.47 Å². The Morgan fingerprint density at radius 2 is 1.72 bits per heavy atom. The average molecular weight is 579 g/mol. The summed E-state index contributed by atoms with van der Waals surface area (Å²) in [6.07, 6.45) is 10.7. The molecule has 3 aromatic rings. The van der Waals surface area contributed by atoms with Gasteiger partial charge in [-0.1, -0.05) is 41.3 Å². The van der Waals surface area contributed by atoms with Crippen molar-refractivity contribution in [2.75, 3.05) is 25.7 Å². The van der Waals surface area contributed by atoms with Crippen molar-refractivity contribution in [3.8, 4) is 11.5 Å². The average Bonchev–Trinajstić information content (AvgIpc) is 3.34. The van der Waals surface area contributed by atoms with Crippen LogP contribution in [0.3, 0.4) is 0 Å². The molecule has 0 saturated heterocycles. The van der Waals surface area contributed by atoms with Crippen molar-refractivity contribution in [3.05, 3.63) is 70.7 Å². The molecule has 168 valence electrons. The van der Waals surface area contributed by atoms with Gasteiger partial charge in [0.05, 0.1) is 24.9 Å². The molecule has 1 aliphatic heterocycles. The van der Waals surface area contributed by atoms with Crippen LogP contribution in [0.1, 0.15) is 18.9 Å². The number of halogens is 1. The number of rotatable bonds is 7. The van der Waals surface area contributed by atoms with Gasteiger partial charge >= 0.3 is 0 Å². The highest BCUT2D eigenvalue weighted by atomic mass is 127. The van der Waals surface area contributed by atoms with E-state index < -0.39 is 0 Å². The molecule has 0 spiro atoms. The number of hydrogen-bond donors (Lipinski definition) is 0. The standard InChI is InChI=1S/C25H27N2O2S2.HI/c1-5-26-20-14-12-18(28-3)16-22(20)30-24(26)10-8-7-9-11-25-27(6-2)21-15-13-19(29-4)17-23(21)31-25;/h7-17H,5-6H2,1-4H3;1H/q+1;/p-1. The highest BCUT2D eigenvalue weighted by Crippen LogP contribution is 2.47. The molecule has 0 bridgehead atoms. The Balaban J connectivity index is 0.00000289. The largest absolute Gasteiger partial charge is 1.00 e. The quantitative estimate of drug-likeness (QED) is 0.244. The summed E-state index contributed by atoms with van der Waals surface area (Å²) < 4.78 is 14.3. The van der Waals surface area contributed by atoms with E-state index in [-0.39, 0.29) is 24.0 Å². The zero-order chi connectivity index (χ0) is 21.8. The van der Waals surface area contributed by atoms with E-state index in [1.807, 2.05) is 12.1 Å². The SMILES string of the molecule is CCN1/C(=C/C=C/C=C/c2sc3cc(OC)ccc3[n+]2CC)Sc2cc(OC)ccc21.[I-]. The number of aryl methyl sites for hydroxylation is 1. The summed E-state index contributed by atoms with van der Waals surface area (Å²) >= 11 is 3.57. The molecule has 7 heteroatoms. The Kier molecular flexibility index (Phi) is 8.67. The highest BCUT2D eigenvalue weighted by molar-refractivity contribution is 8.03. The normalized spacial score (nSPS) is 14.5. The summed E-state index contributed by atoms with van der Waals surface area (Å²) in [5, 5.41) is 2.46. The van der Waals surface area contributed by atoms with Gasteiger partial charge in [0.25, 0.3) is 5.01 Å². The Morgan fingerprint density at radius 1 is 0.969 bits per heavy atom. The van der Waals surface area contributed by atoms with Crippen LogP contribution in [0.4, 0.5) is 5.69 Å². The molecule has 0 saturated carbocycles. The van der Waals surface area contributed by atoms with Crippen LogP contribution in [-0.4, -0.2) is 20.8 Å². The summed E-state index contributed by atoms with van der Waals surface area (Å²) in [7, 11) is 3.42. The Labute approximate surface area is 215 Å². The summed E-state index contributed by atoms with van der Waals surface area (Å²) in [5.41, 5.74) is 2.49. The number of hydrogen-bond acceptors (Lipinski definition) is 5. The molecule has 32 heavy (non-hydrogen) atoms. The second kappa shape index (κ2) is 11.2. The monoisotopic (exact) mass is 578 g/mol. The van der Waals surface area contributed by atoms with Gasteiger partial charge in [0, 0.05) is 29.6 Å². The number of thiazole rings is 1. The fraction of sp³-hybridized carbons (Fsp3) is 0.240. The molecule has 1 aromatic heterocycles. The number of thioether (sulfide) groups is 1. The number of aromatic nitrogens is 1. The lowest BCUT2D eigenvalue weighted by atomic mass is 10.2. The number of benzene rings is 2. The van der Waals surface area contributed by atoms with Crippen molar-refractivity contribution in [3.63, 3.8) is 0 Å². The van der Waals surface area contributed by atoms with Crippen LogP contribution in [0.15, 0.2) is 70.6 Å². The van der Waals surface area contributed by atoms with E-state index in [9.17, 15) is 0 Å². The number of ether oxygens (including phenoxy) is 2. The van der Waals surface area contributed by atoms with Gasteiger partial charge in [-0.25, -0.2) is 0 Å². The second-order valence-electron chi connectivity index (χ2n) is 6.95. The first-order valence-corrected chi connectivity index (χ1v) is 12.0. The molecule has 4 rings (SSSR count). The molecule has 0 fully saturated rings.